The molecule has 1 aliphatic rings. The summed E-state index contributed by atoms with van der Waals surface area (Å²) in [5.41, 5.74) is 0.0436. The molecule has 0 unspecified atom stereocenters. The van der Waals surface area contributed by atoms with Crippen LogP contribution in [-0.4, -0.2) is 29.4 Å². The van der Waals surface area contributed by atoms with Crippen molar-refractivity contribution in [2.75, 3.05) is 6.61 Å². The van der Waals surface area contributed by atoms with E-state index in [1.807, 2.05) is 0 Å². The Hall–Kier alpha value is -1.14. The van der Waals surface area contributed by atoms with Crippen LogP contribution in [-0.2, 0) is 9.57 Å². The zero-order chi connectivity index (χ0) is 16.2. The van der Waals surface area contributed by atoms with Crippen molar-refractivity contribution in [2.45, 2.75) is 45.8 Å². The zero-order valence-electron chi connectivity index (χ0n) is 12.8. The summed E-state index contributed by atoms with van der Waals surface area (Å²) in [5.74, 6) is -0.322. The van der Waals surface area contributed by atoms with Crippen LogP contribution in [0.1, 0.15) is 34.1 Å². The molecule has 0 aromatic carbocycles. The summed E-state index contributed by atoms with van der Waals surface area (Å²) in [7, 11) is 0. The lowest BCUT2D eigenvalue weighted by atomic mass is 10.1. The van der Waals surface area contributed by atoms with Gasteiger partial charge in [0.25, 0.3) is 0 Å². The van der Waals surface area contributed by atoms with Gasteiger partial charge in [0.1, 0.15) is 5.60 Å². The Balaban J connectivity index is 2.80. The first-order chi connectivity index (χ1) is 9.60. The van der Waals surface area contributed by atoms with Gasteiger partial charge in [-0.2, -0.15) is 5.06 Å². The predicted molar refractivity (Wildman–Crippen MR) is 83.4 cm³/mol. The van der Waals surface area contributed by atoms with Crippen molar-refractivity contribution in [3.63, 3.8) is 0 Å². The Bertz CT molecular complexity index is 476. The SMILES string of the molecule is C=C(/C=C(Br)\C=C(/C)F)[C@H]1CCON1C(=O)OC(C)(C)C. The van der Waals surface area contributed by atoms with Gasteiger partial charge >= 0.3 is 6.09 Å². The highest BCUT2D eigenvalue weighted by atomic mass is 79.9. The second kappa shape index (κ2) is 7.22. The fourth-order valence-corrected chi connectivity index (χ4v) is 2.41. The second-order valence-corrected chi connectivity index (χ2v) is 6.69. The van der Waals surface area contributed by atoms with Crippen molar-refractivity contribution in [2.24, 2.45) is 0 Å². The van der Waals surface area contributed by atoms with Crippen LogP contribution in [0.5, 0.6) is 0 Å². The molecule has 118 valence electrons. The van der Waals surface area contributed by atoms with Gasteiger partial charge in [-0.25, -0.2) is 9.18 Å². The molecule has 1 aliphatic heterocycles. The van der Waals surface area contributed by atoms with Crippen molar-refractivity contribution in [1.82, 2.24) is 5.06 Å². The lowest BCUT2D eigenvalue weighted by Gasteiger charge is -2.27. The fourth-order valence-electron chi connectivity index (χ4n) is 1.80. The lowest BCUT2D eigenvalue weighted by molar-refractivity contribution is -0.118. The van der Waals surface area contributed by atoms with E-state index in [-0.39, 0.29) is 11.9 Å². The number of rotatable bonds is 3. The number of nitrogens with zero attached hydrogens (tertiary/aromatic N) is 1. The minimum atomic E-state index is -0.598. The monoisotopic (exact) mass is 361 g/mol. The molecule has 1 saturated heterocycles. The summed E-state index contributed by atoms with van der Waals surface area (Å²) >= 11 is 3.24. The molecule has 0 radical (unpaired) electrons. The summed E-state index contributed by atoms with van der Waals surface area (Å²) in [6, 6.07) is -0.319. The number of carbonyl (C=O) groups is 1. The summed E-state index contributed by atoms with van der Waals surface area (Å²) in [4.78, 5) is 17.4. The number of hydrogen-bond acceptors (Lipinski definition) is 3. The molecule has 0 bridgehead atoms. The van der Waals surface area contributed by atoms with Gasteiger partial charge < -0.3 is 4.74 Å². The van der Waals surface area contributed by atoms with Crippen LogP contribution >= 0.6 is 15.9 Å². The van der Waals surface area contributed by atoms with Crippen molar-refractivity contribution in [1.29, 1.82) is 0 Å². The van der Waals surface area contributed by atoms with E-state index in [1.54, 1.807) is 26.8 Å². The van der Waals surface area contributed by atoms with Crippen molar-refractivity contribution in [3.05, 3.63) is 34.6 Å². The molecule has 0 spiro atoms. The molecule has 1 atom stereocenters. The molecular weight excluding hydrogens is 341 g/mol. The smallest absolute Gasteiger partial charge is 0.435 e. The second-order valence-electron chi connectivity index (χ2n) is 5.78. The molecule has 21 heavy (non-hydrogen) atoms. The van der Waals surface area contributed by atoms with E-state index in [4.69, 9.17) is 9.57 Å². The standard InChI is InChI=1S/C15H21BrFNO3/c1-10(8-12(16)9-11(2)17)13-6-7-20-18(13)14(19)21-15(3,4)5/h8-9,13H,1,6-7H2,2-5H3/b11-9+,12-8+/t13-/m1/s1. The van der Waals surface area contributed by atoms with Gasteiger partial charge in [-0.05, 0) is 45.4 Å². The van der Waals surface area contributed by atoms with E-state index in [0.29, 0.717) is 23.1 Å². The Morgan fingerprint density at radius 1 is 1.48 bits per heavy atom. The third kappa shape index (κ3) is 6.01. The highest BCUT2D eigenvalue weighted by Crippen LogP contribution is 2.26. The fraction of sp³-hybridized carbons (Fsp3) is 0.533. The highest BCUT2D eigenvalue weighted by Gasteiger charge is 2.34. The maximum Gasteiger partial charge on any atom is 0.435 e. The van der Waals surface area contributed by atoms with Gasteiger partial charge in [0.05, 0.1) is 18.5 Å². The molecule has 6 heteroatoms. The van der Waals surface area contributed by atoms with Crippen LogP contribution in [0.15, 0.2) is 34.6 Å². The first kappa shape index (κ1) is 17.9. The van der Waals surface area contributed by atoms with E-state index < -0.39 is 11.7 Å². The van der Waals surface area contributed by atoms with Crippen LogP contribution in [0.2, 0.25) is 0 Å². The van der Waals surface area contributed by atoms with Crippen molar-refractivity contribution < 1.29 is 18.8 Å². The number of carbonyl (C=O) groups excluding carboxylic acids is 1. The molecular formula is C15H21BrFNO3. The van der Waals surface area contributed by atoms with Crippen molar-refractivity contribution >= 4 is 22.0 Å². The number of halogens is 2. The van der Waals surface area contributed by atoms with E-state index in [0.717, 1.165) is 0 Å². The van der Waals surface area contributed by atoms with Gasteiger partial charge in [0.15, 0.2) is 0 Å². The zero-order valence-corrected chi connectivity index (χ0v) is 14.4. The number of allylic oxidation sites excluding steroid dienone is 3. The average Bonchev–Trinajstić information content (AvgIpc) is 2.73. The highest BCUT2D eigenvalue weighted by molar-refractivity contribution is 9.11. The topological polar surface area (TPSA) is 38.8 Å². The lowest BCUT2D eigenvalue weighted by Crippen LogP contribution is -2.39. The van der Waals surface area contributed by atoms with Gasteiger partial charge in [0.2, 0.25) is 0 Å². The molecule has 0 aromatic rings. The van der Waals surface area contributed by atoms with Crippen LogP contribution in [0, 0.1) is 0 Å². The van der Waals surface area contributed by atoms with Crippen LogP contribution in [0.3, 0.4) is 0 Å². The Labute approximate surface area is 133 Å². The Morgan fingerprint density at radius 3 is 2.62 bits per heavy atom. The first-order valence-electron chi connectivity index (χ1n) is 6.65. The molecule has 0 aromatic heterocycles. The van der Waals surface area contributed by atoms with E-state index in [9.17, 15) is 9.18 Å². The van der Waals surface area contributed by atoms with E-state index >= 15 is 0 Å². The first-order valence-corrected chi connectivity index (χ1v) is 7.44. The quantitative estimate of drug-likeness (QED) is 0.687. The largest absolute Gasteiger partial charge is 0.442 e. The molecule has 1 heterocycles. The third-order valence-corrected chi connectivity index (χ3v) is 3.02. The molecule has 0 N–H and O–H groups in total. The maximum absolute atomic E-state index is 12.8. The Kier molecular flexibility index (Phi) is 6.16. The van der Waals surface area contributed by atoms with Crippen molar-refractivity contribution in [3.8, 4) is 0 Å². The van der Waals surface area contributed by atoms with Gasteiger partial charge in [-0.1, -0.05) is 22.5 Å². The van der Waals surface area contributed by atoms with Gasteiger partial charge in [-0.15, -0.1) is 0 Å². The molecule has 0 saturated carbocycles. The number of hydrogen-bond donors (Lipinski definition) is 0. The Morgan fingerprint density at radius 2 is 2.10 bits per heavy atom. The maximum atomic E-state index is 12.8. The molecule has 4 nitrogen and oxygen atoms in total. The van der Waals surface area contributed by atoms with Gasteiger partial charge in [-0.3, -0.25) is 4.84 Å². The minimum absolute atomic E-state index is 0.319. The van der Waals surface area contributed by atoms with Crippen LogP contribution < -0.4 is 0 Å². The number of hydroxylamine groups is 2. The average molecular weight is 362 g/mol. The number of amides is 1. The van der Waals surface area contributed by atoms with Gasteiger partial charge in [0, 0.05) is 10.9 Å². The predicted octanol–water partition coefficient (Wildman–Crippen LogP) is 4.64. The van der Waals surface area contributed by atoms with Crippen LogP contribution in [0.4, 0.5) is 9.18 Å². The van der Waals surface area contributed by atoms with E-state index in [1.165, 1.54) is 18.1 Å². The molecule has 1 fully saturated rings. The minimum Gasteiger partial charge on any atom is -0.442 e. The number of ether oxygens (including phenoxy) is 1. The summed E-state index contributed by atoms with van der Waals surface area (Å²) in [6.45, 7) is 11.0. The summed E-state index contributed by atoms with van der Waals surface area (Å²) < 4.78 is 18.7. The molecule has 0 aliphatic carbocycles. The van der Waals surface area contributed by atoms with Crippen LogP contribution in [0.25, 0.3) is 0 Å². The summed E-state index contributed by atoms with van der Waals surface area (Å²) in [6.07, 6.45) is 3.07. The summed E-state index contributed by atoms with van der Waals surface area (Å²) in [5, 5.41) is 1.19. The molecule has 1 rings (SSSR count). The molecule has 1 amide bonds. The third-order valence-electron chi connectivity index (χ3n) is 2.57. The van der Waals surface area contributed by atoms with E-state index in [2.05, 4.69) is 22.5 Å². The normalized spacial score (nSPS) is 20.7.